The third kappa shape index (κ3) is 4.75. The number of rotatable bonds is 5. The number of fused-ring (bicyclic) bond motifs is 1. The lowest BCUT2D eigenvalue weighted by atomic mass is 9.89. The number of hydrogen-bond acceptors (Lipinski definition) is 5. The van der Waals surface area contributed by atoms with Crippen molar-refractivity contribution in [1.82, 2.24) is 9.80 Å². The Labute approximate surface area is 185 Å². The third-order valence-electron chi connectivity index (χ3n) is 6.09. The first-order valence-electron chi connectivity index (χ1n) is 9.51. The first kappa shape index (κ1) is 23.6. The molecule has 0 radical (unpaired) electrons. The quantitative estimate of drug-likeness (QED) is 0.761. The SMILES string of the molecule is COc1ccc([C@@H]2[C@@H]3CN(Cc4cc(O)ccc4OC)C[C@@H]3CN2C)cc1.Cl.Cl. The van der Waals surface area contributed by atoms with E-state index in [1.165, 1.54) is 5.56 Å². The summed E-state index contributed by atoms with van der Waals surface area (Å²) in [5.41, 5.74) is 2.41. The van der Waals surface area contributed by atoms with E-state index in [9.17, 15) is 5.11 Å². The molecule has 2 saturated heterocycles. The van der Waals surface area contributed by atoms with Gasteiger partial charge in [0.05, 0.1) is 14.2 Å². The highest BCUT2D eigenvalue weighted by molar-refractivity contribution is 5.85. The number of nitrogens with zero attached hydrogens (tertiary/aromatic N) is 2. The standard InChI is InChI=1S/C22H28N2O3.2ClH/c1-23-11-17-13-24(12-16-10-18(25)6-9-21(16)27-3)14-20(17)22(23)15-4-7-19(26-2)8-5-15;;/h4-10,17,20,22,25H,11-14H2,1-3H3;2*1H/t17-,20+,22+;;/m0../s1. The summed E-state index contributed by atoms with van der Waals surface area (Å²) in [7, 11) is 5.62. The van der Waals surface area contributed by atoms with E-state index in [1.807, 2.05) is 12.1 Å². The zero-order chi connectivity index (χ0) is 19.0. The molecule has 2 fully saturated rings. The number of hydrogen-bond donors (Lipinski definition) is 1. The van der Waals surface area contributed by atoms with Gasteiger partial charge in [-0.2, -0.15) is 0 Å². The Morgan fingerprint density at radius 3 is 2.34 bits per heavy atom. The van der Waals surface area contributed by atoms with E-state index in [2.05, 4.69) is 41.1 Å². The molecule has 2 aliphatic rings. The summed E-state index contributed by atoms with van der Waals surface area (Å²) >= 11 is 0. The molecule has 0 amide bonds. The molecule has 2 aromatic rings. The van der Waals surface area contributed by atoms with Crippen molar-refractivity contribution in [3.05, 3.63) is 53.6 Å². The van der Waals surface area contributed by atoms with Gasteiger partial charge in [-0.1, -0.05) is 12.1 Å². The highest BCUT2D eigenvalue weighted by atomic mass is 35.5. The molecule has 29 heavy (non-hydrogen) atoms. The van der Waals surface area contributed by atoms with Crippen LogP contribution in [0.4, 0.5) is 0 Å². The average Bonchev–Trinajstić information content (AvgIpc) is 3.17. The average molecular weight is 441 g/mol. The molecule has 160 valence electrons. The maximum absolute atomic E-state index is 9.85. The van der Waals surface area contributed by atoms with E-state index in [4.69, 9.17) is 9.47 Å². The van der Waals surface area contributed by atoms with E-state index in [0.717, 1.165) is 43.2 Å². The van der Waals surface area contributed by atoms with E-state index < -0.39 is 0 Å². The summed E-state index contributed by atoms with van der Waals surface area (Å²) < 4.78 is 10.8. The lowest BCUT2D eigenvalue weighted by Crippen LogP contribution is -2.29. The maximum atomic E-state index is 9.85. The molecule has 5 nitrogen and oxygen atoms in total. The highest BCUT2D eigenvalue weighted by Crippen LogP contribution is 2.44. The van der Waals surface area contributed by atoms with Gasteiger partial charge in [0.15, 0.2) is 0 Å². The fourth-order valence-corrected chi connectivity index (χ4v) is 4.91. The smallest absolute Gasteiger partial charge is 0.123 e. The molecule has 0 spiro atoms. The normalized spacial score (nSPS) is 23.8. The fraction of sp³-hybridized carbons (Fsp3) is 0.455. The van der Waals surface area contributed by atoms with Crippen molar-refractivity contribution >= 4 is 24.8 Å². The Balaban J connectivity index is 0.00000150. The molecule has 2 aromatic carbocycles. The number of phenolic OH excluding ortho intramolecular Hbond substituents is 1. The molecule has 0 aliphatic carbocycles. The number of benzene rings is 2. The van der Waals surface area contributed by atoms with Crippen LogP contribution in [0, 0.1) is 11.8 Å². The molecule has 0 saturated carbocycles. The van der Waals surface area contributed by atoms with Gasteiger partial charge >= 0.3 is 0 Å². The molecule has 0 aromatic heterocycles. The first-order valence-corrected chi connectivity index (χ1v) is 9.51. The van der Waals surface area contributed by atoms with Gasteiger partial charge in [0.1, 0.15) is 17.2 Å². The number of halogens is 2. The zero-order valence-electron chi connectivity index (χ0n) is 17.1. The van der Waals surface area contributed by atoms with Gasteiger partial charge < -0.3 is 14.6 Å². The summed E-state index contributed by atoms with van der Waals surface area (Å²) in [5.74, 6) is 3.33. The summed E-state index contributed by atoms with van der Waals surface area (Å²) in [6.45, 7) is 4.07. The van der Waals surface area contributed by atoms with E-state index >= 15 is 0 Å². The van der Waals surface area contributed by atoms with E-state index in [1.54, 1.807) is 20.3 Å². The Kier molecular flexibility index (Phi) is 8.06. The maximum Gasteiger partial charge on any atom is 0.123 e. The van der Waals surface area contributed by atoms with Gasteiger partial charge in [0.2, 0.25) is 0 Å². The minimum atomic E-state index is 0. The van der Waals surface area contributed by atoms with Crippen molar-refractivity contribution in [3.63, 3.8) is 0 Å². The van der Waals surface area contributed by atoms with Crippen LogP contribution in [-0.4, -0.2) is 55.8 Å². The van der Waals surface area contributed by atoms with Crippen LogP contribution in [0.25, 0.3) is 0 Å². The Bertz CT molecular complexity index is 803. The third-order valence-corrected chi connectivity index (χ3v) is 6.09. The molecule has 2 heterocycles. The van der Waals surface area contributed by atoms with Gasteiger partial charge in [0.25, 0.3) is 0 Å². The van der Waals surface area contributed by atoms with Crippen molar-refractivity contribution in [3.8, 4) is 17.2 Å². The summed E-state index contributed by atoms with van der Waals surface area (Å²) in [6, 6.07) is 14.3. The fourth-order valence-electron chi connectivity index (χ4n) is 4.91. The molecule has 0 unspecified atom stereocenters. The molecular formula is C22H30Cl2N2O3. The number of likely N-dealkylation sites (tertiary alicyclic amines) is 2. The van der Waals surface area contributed by atoms with Crippen LogP contribution in [0.1, 0.15) is 17.2 Å². The van der Waals surface area contributed by atoms with Crippen LogP contribution < -0.4 is 9.47 Å². The van der Waals surface area contributed by atoms with Gasteiger partial charge in [-0.25, -0.2) is 0 Å². The topological polar surface area (TPSA) is 45.2 Å². The molecule has 4 rings (SSSR count). The zero-order valence-corrected chi connectivity index (χ0v) is 18.7. The van der Waals surface area contributed by atoms with E-state index in [0.29, 0.717) is 23.6 Å². The first-order chi connectivity index (χ1) is 13.1. The van der Waals surface area contributed by atoms with E-state index in [-0.39, 0.29) is 24.8 Å². The van der Waals surface area contributed by atoms with Gasteiger partial charge in [0, 0.05) is 37.8 Å². The van der Waals surface area contributed by atoms with Crippen molar-refractivity contribution in [1.29, 1.82) is 0 Å². The molecule has 0 bridgehead atoms. The Morgan fingerprint density at radius 1 is 0.966 bits per heavy atom. The van der Waals surface area contributed by atoms with Crippen molar-refractivity contribution in [2.24, 2.45) is 11.8 Å². The second-order valence-electron chi connectivity index (χ2n) is 7.77. The number of ether oxygens (including phenoxy) is 2. The van der Waals surface area contributed by atoms with Crippen LogP contribution in [-0.2, 0) is 6.54 Å². The van der Waals surface area contributed by atoms with Crippen LogP contribution in [0.15, 0.2) is 42.5 Å². The van der Waals surface area contributed by atoms with Gasteiger partial charge in [-0.15, -0.1) is 24.8 Å². The predicted octanol–water partition coefficient (Wildman–Crippen LogP) is 3.99. The number of methoxy groups -OCH3 is 2. The molecular weight excluding hydrogens is 411 g/mol. The lowest BCUT2D eigenvalue weighted by molar-refractivity contribution is 0.223. The number of phenols is 1. The minimum absolute atomic E-state index is 0. The van der Waals surface area contributed by atoms with Crippen LogP contribution in [0.5, 0.6) is 17.2 Å². The number of aromatic hydroxyl groups is 1. The lowest BCUT2D eigenvalue weighted by Gasteiger charge is -2.27. The largest absolute Gasteiger partial charge is 0.508 e. The van der Waals surface area contributed by atoms with Crippen LogP contribution in [0.2, 0.25) is 0 Å². The molecule has 7 heteroatoms. The second-order valence-corrected chi connectivity index (χ2v) is 7.77. The monoisotopic (exact) mass is 440 g/mol. The summed E-state index contributed by atoms with van der Waals surface area (Å²) in [4.78, 5) is 4.99. The summed E-state index contributed by atoms with van der Waals surface area (Å²) in [6.07, 6.45) is 0. The minimum Gasteiger partial charge on any atom is -0.508 e. The van der Waals surface area contributed by atoms with Crippen LogP contribution >= 0.6 is 24.8 Å². The van der Waals surface area contributed by atoms with Crippen LogP contribution in [0.3, 0.4) is 0 Å². The summed E-state index contributed by atoms with van der Waals surface area (Å²) in [5, 5.41) is 9.85. The van der Waals surface area contributed by atoms with Gasteiger partial charge in [-0.05, 0) is 54.8 Å². The molecule has 2 aliphatic heterocycles. The van der Waals surface area contributed by atoms with Gasteiger partial charge in [-0.3, -0.25) is 9.80 Å². The van der Waals surface area contributed by atoms with Crippen molar-refractivity contribution < 1.29 is 14.6 Å². The Hall–Kier alpha value is -1.66. The highest BCUT2D eigenvalue weighted by Gasteiger charge is 2.46. The van der Waals surface area contributed by atoms with Crippen molar-refractivity contribution in [2.45, 2.75) is 12.6 Å². The predicted molar refractivity (Wildman–Crippen MR) is 120 cm³/mol. The second kappa shape index (κ2) is 9.90. The van der Waals surface area contributed by atoms with Crippen molar-refractivity contribution in [2.75, 3.05) is 40.9 Å². The Morgan fingerprint density at radius 2 is 1.69 bits per heavy atom. The molecule has 1 N–H and O–H groups in total. The molecule has 3 atom stereocenters.